The van der Waals surface area contributed by atoms with Crippen molar-refractivity contribution in [2.45, 2.75) is 46.1 Å². The lowest BCUT2D eigenvalue weighted by atomic mass is 10.3. The molecule has 0 N–H and O–H groups in total. The second-order valence-corrected chi connectivity index (χ2v) is 7.14. The maximum absolute atomic E-state index is 12.0. The fourth-order valence-corrected chi connectivity index (χ4v) is 2.68. The van der Waals surface area contributed by atoms with Crippen LogP contribution in [0.4, 0.5) is 11.8 Å². The van der Waals surface area contributed by atoms with E-state index in [9.17, 15) is 4.79 Å². The minimum atomic E-state index is -0.351. The Morgan fingerprint density at radius 1 is 1.04 bits per heavy atom. The van der Waals surface area contributed by atoms with Crippen LogP contribution in [0.1, 0.15) is 45.4 Å². The van der Waals surface area contributed by atoms with E-state index < -0.39 is 0 Å². The summed E-state index contributed by atoms with van der Waals surface area (Å²) in [7, 11) is 7.71. The van der Waals surface area contributed by atoms with Gasteiger partial charge in [-0.25, -0.2) is 9.78 Å². The van der Waals surface area contributed by atoms with Gasteiger partial charge in [-0.15, -0.1) is 0 Å². The maximum atomic E-state index is 12.0. The lowest BCUT2D eigenvalue weighted by molar-refractivity contribution is -0.137. The van der Waals surface area contributed by atoms with Crippen LogP contribution in [0.3, 0.4) is 0 Å². The monoisotopic (exact) mass is 388 g/mol. The summed E-state index contributed by atoms with van der Waals surface area (Å²) in [6.07, 6.45) is 7.04. The number of esters is 1. The smallest absolute Gasteiger partial charge is 0.330 e. The summed E-state index contributed by atoms with van der Waals surface area (Å²) in [6.45, 7) is 5.42. The Hall–Kier alpha value is -2.64. The number of hydrogen-bond acceptors (Lipinski definition) is 7. The zero-order valence-electron chi connectivity index (χ0n) is 17.9. The van der Waals surface area contributed by atoms with Crippen molar-refractivity contribution < 1.29 is 9.53 Å². The van der Waals surface area contributed by atoms with Gasteiger partial charge in [-0.05, 0) is 18.9 Å². The quantitative estimate of drug-likeness (QED) is 0.352. The molecule has 0 saturated heterocycles. The van der Waals surface area contributed by atoms with Crippen LogP contribution >= 0.6 is 0 Å². The van der Waals surface area contributed by atoms with E-state index in [-0.39, 0.29) is 5.97 Å². The summed E-state index contributed by atoms with van der Waals surface area (Å²) >= 11 is 0. The van der Waals surface area contributed by atoms with Gasteiger partial charge in [0.1, 0.15) is 5.82 Å². The molecule has 0 aromatic carbocycles. The topological polar surface area (TPSA) is 76.4 Å². The van der Waals surface area contributed by atoms with Gasteiger partial charge in [0.05, 0.1) is 6.61 Å². The number of hydrogen-bond donors (Lipinski definition) is 0. The average Bonchev–Trinajstić information content (AvgIpc) is 3.01. The fraction of sp³-hybridized carbons (Fsp3) is 0.600. The van der Waals surface area contributed by atoms with Gasteiger partial charge in [0.25, 0.3) is 0 Å². The molecule has 0 aliphatic rings. The molecule has 8 heteroatoms. The molecule has 2 aromatic rings. The highest BCUT2D eigenvalue weighted by Crippen LogP contribution is 2.26. The molecule has 0 amide bonds. The first-order valence-electron chi connectivity index (χ1n) is 9.86. The van der Waals surface area contributed by atoms with Crippen molar-refractivity contribution in [2.24, 2.45) is 0 Å². The number of fused-ring (bicyclic) bond motifs is 1. The van der Waals surface area contributed by atoms with Crippen LogP contribution in [-0.4, -0.2) is 60.3 Å². The normalized spacial score (nSPS) is 11.4. The first-order valence-corrected chi connectivity index (χ1v) is 9.86. The van der Waals surface area contributed by atoms with E-state index in [4.69, 9.17) is 14.7 Å². The standard InChI is InChI=1S/C20H32N6O2/c1-7-9-13-26-15(11-12-16(27)28-14-10-8-2)21-17-18(24(3)4)22-20(25(5)6)23-19(17)26/h11-12H,7-10,13-14H2,1-6H3/b12-11+. The van der Waals surface area contributed by atoms with Crippen LogP contribution in [0.15, 0.2) is 6.08 Å². The molecule has 2 aromatic heterocycles. The third-order valence-electron chi connectivity index (χ3n) is 4.26. The Morgan fingerprint density at radius 3 is 2.36 bits per heavy atom. The van der Waals surface area contributed by atoms with Crippen LogP contribution in [0.5, 0.6) is 0 Å². The van der Waals surface area contributed by atoms with Crippen molar-refractivity contribution in [3.8, 4) is 0 Å². The lowest BCUT2D eigenvalue weighted by Crippen LogP contribution is -2.18. The molecule has 0 aliphatic carbocycles. The predicted molar refractivity (Wildman–Crippen MR) is 114 cm³/mol. The third kappa shape index (κ3) is 5.21. The summed E-state index contributed by atoms with van der Waals surface area (Å²) in [5.41, 5.74) is 1.50. The highest BCUT2D eigenvalue weighted by atomic mass is 16.5. The lowest BCUT2D eigenvalue weighted by Gasteiger charge is -2.16. The van der Waals surface area contributed by atoms with Crippen molar-refractivity contribution in [1.82, 2.24) is 19.5 Å². The van der Waals surface area contributed by atoms with Crippen LogP contribution in [-0.2, 0) is 16.1 Å². The van der Waals surface area contributed by atoms with Gasteiger partial charge in [-0.3, -0.25) is 0 Å². The Bertz CT molecular complexity index is 826. The molecule has 0 bridgehead atoms. The van der Waals surface area contributed by atoms with Crippen molar-refractivity contribution >= 4 is 35.0 Å². The zero-order chi connectivity index (χ0) is 20.7. The van der Waals surface area contributed by atoms with Crippen molar-refractivity contribution in [1.29, 1.82) is 0 Å². The molecule has 0 spiro atoms. The Labute approximate surface area is 167 Å². The van der Waals surface area contributed by atoms with Crippen LogP contribution in [0, 0.1) is 0 Å². The first-order chi connectivity index (χ1) is 13.4. The minimum Gasteiger partial charge on any atom is -0.463 e. The number of anilines is 2. The zero-order valence-corrected chi connectivity index (χ0v) is 17.9. The number of aromatic nitrogens is 4. The summed E-state index contributed by atoms with van der Waals surface area (Å²) in [5.74, 6) is 1.71. The number of carbonyl (C=O) groups is 1. The molecule has 0 fully saturated rings. The summed E-state index contributed by atoms with van der Waals surface area (Å²) in [4.78, 5) is 29.9. The Kier molecular flexibility index (Phi) is 7.78. The third-order valence-corrected chi connectivity index (χ3v) is 4.26. The van der Waals surface area contributed by atoms with E-state index in [0.717, 1.165) is 49.2 Å². The second-order valence-electron chi connectivity index (χ2n) is 7.14. The van der Waals surface area contributed by atoms with Gasteiger partial charge in [0.2, 0.25) is 5.95 Å². The first kappa shape index (κ1) is 21.7. The van der Waals surface area contributed by atoms with E-state index in [0.29, 0.717) is 18.4 Å². The van der Waals surface area contributed by atoms with E-state index in [1.807, 2.05) is 38.0 Å². The summed E-state index contributed by atoms with van der Waals surface area (Å²) < 4.78 is 7.26. The number of ether oxygens (including phenoxy) is 1. The molecule has 0 atom stereocenters. The maximum Gasteiger partial charge on any atom is 0.330 e. The van der Waals surface area contributed by atoms with Gasteiger partial charge in [0.15, 0.2) is 17.0 Å². The second kappa shape index (κ2) is 10.1. The highest BCUT2D eigenvalue weighted by molar-refractivity contribution is 5.89. The van der Waals surface area contributed by atoms with E-state index in [1.165, 1.54) is 6.08 Å². The van der Waals surface area contributed by atoms with E-state index in [1.54, 1.807) is 6.08 Å². The minimum absolute atomic E-state index is 0.351. The molecule has 154 valence electrons. The number of imidazole rings is 1. The van der Waals surface area contributed by atoms with Crippen molar-refractivity contribution in [3.63, 3.8) is 0 Å². The van der Waals surface area contributed by atoms with E-state index >= 15 is 0 Å². The fourth-order valence-electron chi connectivity index (χ4n) is 2.68. The van der Waals surface area contributed by atoms with Crippen molar-refractivity contribution in [3.05, 3.63) is 11.9 Å². The Morgan fingerprint density at radius 2 is 1.75 bits per heavy atom. The molecular formula is C20H32N6O2. The molecule has 0 saturated carbocycles. The number of carbonyl (C=O) groups excluding carboxylic acids is 1. The van der Waals surface area contributed by atoms with Gasteiger partial charge in [0, 0.05) is 40.8 Å². The number of nitrogens with zero attached hydrogens (tertiary/aromatic N) is 6. The number of rotatable bonds is 10. The molecule has 0 radical (unpaired) electrons. The average molecular weight is 389 g/mol. The molecular weight excluding hydrogens is 356 g/mol. The molecule has 2 heterocycles. The molecule has 0 unspecified atom stereocenters. The predicted octanol–water partition coefficient (Wildman–Crippen LogP) is 3.11. The number of aryl methyl sites for hydroxylation is 1. The van der Waals surface area contributed by atoms with Crippen LogP contribution in [0.25, 0.3) is 17.2 Å². The summed E-state index contributed by atoms with van der Waals surface area (Å²) in [6, 6.07) is 0. The molecule has 28 heavy (non-hydrogen) atoms. The van der Waals surface area contributed by atoms with Crippen molar-refractivity contribution in [2.75, 3.05) is 44.6 Å². The largest absolute Gasteiger partial charge is 0.463 e. The molecule has 0 aliphatic heterocycles. The Balaban J connectivity index is 2.49. The number of unbranched alkanes of at least 4 members (excludes halogenated alkanes) is 2. The van der Waals surface area contributed by atoms with Gasteiger partial charge in [-0.1, -0.05) is 26.7 Å². The summed E-state index contributed by atoms with van der Waals surface area (Å²) in [5, 5.41) is 0. The molecule has 8 nitrogen and oxygen atoms in total. The molecule has 2 rings (SSSR count). The van der Waals surface area contributed by atoms with Gasteiger partial charge in [-0.2, -0.15) is 9.97 Å². The SMILES string of the molecule is CCCCOC(=O)/C=C/c1nc2c(N(C)C)nc(N(C)C)nc2n1CCCC. The highest BCUT2D eigenvalue weighted by Gasteiger charge is 2.18. The van der Waals surface area contributed by atoms with Crippen LogP contribution in [0.2, 0.25) is 0 Å². The van der Waals surface area contributed by atoms with Gasteiger partial charge >= 0.3 is 5.97 Å². The van der Waals surface area contributed by atoms with Gasteiger partial charge < -0.3 is 19.1 Å². The van der Waals surface area contributed by atoms with Crippen LogP contribution < -0.4 is 9.80 Å². The van der Waals surface area contributed by atoms with E-state index in [2.05, 4.69) is 23.4 Å².